The quantitative estimate of drug-likeness (QED) is 0.648. The van der Waals surface area contributed by atoms with Gasteiger partial charge in [0.05, 0.1) is 12.5 Å². The highest BCUT2D eigenvalue weighted by molar-refractivity contribution is 4.86. The number of nitriles is 1. The van der Waals surface area contributed by atoms with Gasteiger partial charge in [-0.15, -0.1) is 0 Å². The average molecular weight is 181 g/mol. The monoisotopic (exact) mass is 181 g/mol. The summed E-state index contributed by atoms with van der Waals surface area (Å²) in [6.07, 6.45) is 1.87. The number of likely N-dealkylation sites (tertiary alicyclic amines) is 1. The largest absolute Gasteiger partial charge is 0.305 e. The second-order valence-corrected chi connectivity index (χ2v) is 4.08. The standard InChI is InChI=1S/C10H19N3/c1-9(4-6-11)13(3)10-5-7-12(2)8-10/h9-10H,4-5,7-8H2,1-3H3. The Morgan fingerprint density at radius 3 is 2.85 bits per heavy atom. The lowest BCUT2D eigenvalue weighted by molar-refractivity contribution is 0.188. The van der Waals surface area contributed by atoms with Gasteiger partial charge < -0.3 is 4.90 Å². The van der Waals surface area contributed by atoms with Gasteiger partial charge in [-0.1, -0.05) is 0 Å². The van der Waals surface area contributed by atoms with Gasteiger partial charge in [0.15, 0.2) is 0 Å². The Balaban J connectivity index is 2.39. The molecule has 1 aliphatic rings. The van der Waals surface area contributed by atoms with Crippen LogP contribution in [-0.4, -0.2) is 49.1 Å². The van der Waals surface area contributed by atoms with E-state index in [0.29, 0.717) is 18.5 Å². The molecule has 1 aliphatic heterocycles. The maximum atomic E-state index is 8.59. The van der Waals surface area contributed by atoms with Gasteiger partial charge >= 0.3 is 0 Å². The van der Waals surface area contributed by atoms with Gasteiger partial charge in [-0.25, -0.2) is 0 Å². The summed E-state index contributed by atoms with van der Waals surface area (Å²) >= 11 is 0. The summed E-state index contributed by atoms with van der Waals surface area (Å²) in [5.74, 6) is 0. The molecule has 0 bridgehead atoms. The minimum absolute atomic E-state index is 0.390. The first-order chi connectivity index (χ1) is 6.15. The molecule has 0 aromatic carbocycles. The summed E-state index contributed by atoms with van der Waals surface area (Å²) < 4.78 is 0. The lowest BCUT2D eigenvalue weighted by Crippen LogP contribution is -2.39. The van der Waals surface area contributed by atoms with E-state index in [1.165, 1.54) is 13.0 Å². The van der Waals surface area contributed by atoms with Crippen LogP contribution in [0.15, 0.2) is 0 Å². The molecule has 1 saturated heterocycles. The van der Waals surface area contributed by atoms with Crippen LogP contribution in [-0.2, 0) is 0 Å². The molecule has 1 fully saturated rings. The summed E-state index contributed by atoms with van der Waals surface area (Å²) in [5.41, 5.74) is 0. The van der Waals surface area contributed by atoms with Crippen LogP contribution in [0.2, 0.25) is 0 Å². The topological polar surface area (TPSA) is 30.3 Å². The predicted molar refractivity (Wildman–Crippen MR) is 53.4 cm³/mol. The van der Waals surface area contributed by atoms with Crippen LogP contribution in [0.4, 0.5) is 0 Å². The molecule has 0 N–H and O–H groups in total. The lowest BCUT2D eigenvalue weighted by atomic mass is 10.1. The Morgan fingerprint density at radius 2 is 2.38 bits per heavy atom. The molecule has 3 nitrogen and oxygen atoms in total. The van der Waals surface area contributed by atoms with E-state index in [1.807, 2.05) is 0 Å². The van der Waals surface area contributed by atoms with Crippen LogP contribution in [0.3, 0.4) is 0 Å². The number of nitrogens with zero attached hydrogens (tertiary/aromatic N) is 3. The van der Waals surface area contributed by atoms with E-state index in [2.05, 4.69) is 36.9 Å². The Labute approximate surface area is 80.9 Å². The Hall–Kier alpha value is -0.590. The van der Waals surface area contributed by atoms with Gasteiger partial charge in [0, 0.05) is 18.6 Å². The molecule has 2 unspecified atom stereocenters. The lowest BCUT2D eigenvalue weighted by Gasteiger charge is -2.28. The maximum Gasteiger partial charge on any atom is 0.0638 e. The van der Waals surface area contributed by atoms with E-state index in [1.54, 1.807) is 0 Å². The summed E-state index contributed by atoms with van der Waals surface area (Å²) in [6, 6.07) is 3.26. The van der Waals surface area contributed by atoms with Crippen molar-refractivity contribution >= 4 is 0 Å². The summed E-state index contributed by atoms with van der Waals surface area (Å²) in [5, 5.41) is 8.59. The van der Waals surface area contributed by atoms with E-state index in [9.17, 15) is 0 Å². The number of rotatable bonds is 3. The van der Waals surface area contributed by atoms with Gasteiger partial charge in [0.2, 0.25) is 0 Å². The van der Waals surface area contributed by atoms with E-state index >= 15 is 0 Å². The zero-order chi connectivity index (χ0) is 9.84. The van der Waals surface area contributed by atoms with E-state index in [4.69, 9.17) is 5.26 Å². The highest BCUT2D eigenvalue weighted by Crippen LogP contribution is 2.15. The smallest absolute Gasteiger partial charge is 0.0638 e. The minimum Gasteiger partial charge on any atom is -0.305 e. The molecule has 0 spiro atoms. The summed E-state index contributed by atoms with van der Waals surface area (Å²) in [6.45, 7) is 4.46. The van der Waals surface area contributed by atoms with E-state index < -0.39 is 0 Å². The molecule has 13 heavy (non-hydrogen) atoms. The number of hydrogen-bond acceptors (Lipinski definition) is 3. The van der Waals surface area contributed by atoms with Crippen LogP contribution >= 0.6 is 0 Å². The highest BCUT2D eigenvalue weighted by atomic mass is 15.2. The molecule has 0 aromatic rings. The molecular formula is C10H19N3. The van der Waals surface area contributed by atoms with Crippen LogP contribution < -0.4 is 0 Å². The third-order valence-electron chi connectivity index (χ3n) is 3.02. The van der Waals surface area contributed by atoms with Crippen molar-refractivity contribution in [3.8, 4) is 6.07 Å². The molecule has 0 aliphatic carbocycles. The van der Waals surface area contributed by atoms with Crippen molar-refractivity contribution < 1.29 is 0 Å². The first-order valence-electron chi connectivity index (χ1n) is 4.92. The average Bonchev–Trinajstić information content (AvgIpc) is 2.51. The van der Waals surface area contributed by atoms with Gasteiger partial charge in [0.25, 0.3) is 0 Å². The first-order valence-corrected chi connectivity index (χ1v) is 4.92. The van der Waals surface area contributed by atoms with E-state index in [-0.39, 0.29) is 0 Å². The van der Waals surface area contributed by atoms with Crippen molar-refractivity contribution in [2.75, 3.05) is 27.2 Å². The zero-order valence-electron chi connectivity index (χ0n) is 8.82. The predicted octanol–water partition coefficient (Wildman–Crippen LogP) is 0.924. The van der Waals surface area contributed by atoms with Crippen molar-refractivity contribution in [1.29, 1.82) is 5.26 Å². The van der Waals surface area contributed by atoms with Crippen molar-refractivity contribution in [3.05, 3.63) is 0 Å². The zero-order valence-corrected chi connectivity index (χ0v) is 8.82. The molecule has 3 heteroatoms. The molecule has 2 atom stereocenters. The second-order valence-electron chi connectivity index (χ2n) is 4.08. The maximum absolute atomic E-state index is 8.59. The Kier molecular flexibility index (Phi) is 3.71. The Bertz CT molecular complexity index is 197. The molecule has 1 rings (SSSR count). The third-order valence-corrected chi connectivity index (χ3v) is 3.02. The first kappa shape index (κ1) is 10.5. The van der Waals surface area contributed by atoms with Crippen molar-refractivity contribution in [3.63, 3.8) is 0 Å². The molecule has 0 saturated carbocycles. The fraction of sp³-hybridized carbons (Fsp3) is 0.900. The summed E-state index contributed by atoms with van der Waals surface area (Å²) in [7, 11) is 4.29. The highest BCUT2D eigenvalue weighted by Gasteiger charge is 2.25. The molecule has 74 valence electrons. The van der Waals surface area contributed by atoms with Crippen LogP contribution in [0, 0.1) is 11.3 Å². The SMILES string of the molecule is CC(CC#N)N(C)C1CCN(C)C1. The molecule has 0 aromatic heterocycles. The molecule has 0 radical (unpaired) electrons. The molecule has 1 heterocycles. The van der Waals surface area contributed by atoms with E-state index in [0.717, 1.165) is 6.54 Å². The second kappa shape index (κ2) is 4.59. The Morgan fingerprint density at radius 1 is 1.69 bits per heavy atom. The van der Waals surface area contributed by atoms with Gasteiger partial charge in [0.1, 0.15) is 0 Å². The summed E-state index contributed by atoms with van der Waals surface area (Å²) in [4.78, 5) is 4.69. The van der Waals surface area contributed by atoms with Crippen molar-refractivity contribution in [2.24, 2.45) is 0 Å². The normalized spacial score (nSPS) is 26.2. The minimum atomic E-state index is 0.390. The van der Waals surface area contributed by atoms with Gasteiger partial charge in [-0.05, 0) is 34.0 Å². The van der Waals surface area contributed by atoms with Crippen LogP contribution in [0.25, 0.3) is 0 Å². The van der Waals surface area contributed by atoms with Gasteiger partial charge in [-0.3, -0.25) is 4.90 Å². The number of hydrogen-bond donors (Lipinski definition) is 0. The fourth-order valence-electron chi connectivity index (χ4n) is 1.88. The molecular weight excluding hydrogens is 162 g/mol. The molecule has 0 amide bonds. The fourth-order valence-corrected chi connectivity index (χ4v) is 1.88. The van der Waals surface area contributed by atoms with Crippen molar-refractivity contribution in [2.45, 2.75) is 31.8 Å². The van der Waals surface area contributed by atoms with Crippen LogP contribution in [0.5, 0.6) is 0 Å². The van der Waals surface area contributed by atoms with Gasteiger partial charge in [-0.2, -0.15) is 5.26 Å². The van der Waals surface area contributed by atoms with Crippen LogP contribution in [0.1, 0.15) is 19.8 Å². The number of likely N-dealkylation sites (N-methyl/N-ethyl adjacent to an activating group) is 2. The van der Waals surface area contributed by atoms with Crippen molar-refractivity contribution in [1.82, 2.24) is 9.80 Å². The third kappa shape index (κ3) is 2.68.